The summed E-state index contributed by atoms with van der Waals surface area (Å²) < 4.78 is 12.7. The van der Waals surface area contributed by atoms with Crippen molar-refractivity contribution in [3.8, 4) is 0 Å². The Morgan fingerprint density at radius 2 is 1.95 bits per heavy atom. The number of aliphatic hydroxyl groups is 1. The molecule has 0 bridgehead atoms. The van der Waals surface area contributed by atoms with Crippen LogP contribution in [0.1, 0.15) is 12.0 Å². The van der Waals surface area contributed by atoms with Crippen LogP contribution in [0.4, 0.5) is 4.39 Å². The fourth-order valence-electron chi connectivity index (χ4n) is 2.13. The van der Waals surface area contributed by atoms with Crippen molar-refractivity contribution in [2.45, 2.75) is 18.6 Å². The number of nitrogens with zero attached hydrogens (tertiary/aromatic N) is 1. The van der Waals surface area contributed by atoms with Gasteiger partial charge in [0, 0.05) is 19.0 Å². The van der Waals surface area contributed by atoms with E-state index in [0.29, 0.717) is 5.56 Å². The second-order valence-electron chi connectivity index (χ2n) is 4.62. The van der Waals surface area contributed by atoms with Gasteiger partial charge in [-0.25, -0.2) is 9.18 Å². The van der Waals surface area contributed by atoms with Crippen LogP contribution in [0.3, 0.4) is 0 Å². The Morgan fingerprint density at radius 3 is 2.55 bits per heavy atom. The summed E-state index contributed by atoms with van der Waals surface area (Å²) in [5, 5.41) is 18.5. The van der Waals surface area contributed by atoms with Crippen LogP contribution in [0.5, 0.6) is 0 Å². The van der Waals surface area contributed by atoms with Gasteiger partial charge in [0.15, 0.2) is 0 Å². The lowest BCUT2D eigenvalue weighted by atomic mass is 10.2. The molecule has 0 spiro atoms. The zero-order valence-corrected chi connectivity index (χ0v) is 10.6. The molecule has 1 aliphatic rings. The maximum Gasteiger partial charge on any atom is 0.326 e. The molecule has 0 aliphatic carbocycles. The normalized spacial score (nSPS) is 22.4. The molecule has 0 aromatic heterocycles. The molecule has 6 heteroatoms. The third-order valence-electron chi connectivity index (χ3n) is 3.14. The highest BCUT2D eigenvalue weighted by molar-refractivity contribution is 5.94. The minimum absolute atomic E-state index is 0.00353. The Hall–Kier alpha value is -2.21. The summed E-state index contributed by atoms with van der Waals surface area (Å²) in [5.41, 5.74) is 0.631. The first-order chi connectivity index (χ1) is 9.47. The maximum absolute atomic E-state index is 12.7. The highest BCUT2D eigenvalue weighted by Gasteiger charge is 2.37. The average molecular weight is 279 g/mol. The average Bonchev–Trinajstić information content (AvgIpc) is 2.80. The third kappa shape index (κ3) is 3.21. The van der Waals surface area contributed by atoms with Gasteiger partial charge in [-0.1, -0.05) is 12.1 Å². The fourth-order valence-corrected chi connectivity index (χ4v) is 2.13. The van der Waals surface area contributed by atoms with Crippen LogP contribution in [-0.2, 0) is 9.59 Å². The molecule has 1 saturated heterocycles. The van der Waals surface area contributed by atoms with Gasteiger partial charge < -0.3 is 15.1 Å². The fraction of sp³-hybridized carbons (Fsp3) is 0.286. The molecule has 2 N–H and O–H groups in total. The monoisotopic (exact) mass is 279 g/mol. The Labute approximate surface area is 114 Å². The number of hydrogen-bond acceptors (Lipinski definition) is 3. The van der Waals surface area contributed by atoms with Crippen molar-refractivity contribution in [1.82, 2.24) is 4.90 Å². The molecule has 1 aromatic rings. The van der Waals surface area contributed by atoms with Crippen LogP contribution >= 0.6 is 0 Å². The topological polar surface area (TPSA) is 77.8 Å². The standard InChI is InChI=1S/C14H14FNO4/c15-10-4-1-9(2-5-10)3-6-13(18)16-8-11(17)7-12(16)14(19)20/h1-6,11-12,17H,7-8H2,(H,19,20)/b6-3+/t11-,12-/m0/s1. The van der Waals surface area contributed by atoms with Gasteiger partial charge in [-0.15, -0.1) is 0 Å². The van der Waals surface area contributed by atoms with Gasteiger partial charge >= 0.3 is 5.97 Å². The molecular formula is C14H14FNO4. The number of halogens is 1. The van der Waals surface area contributed by atoms with Gasteiger partial charge in [0.05, 0.1) is 6.10 Å². The van der Waals surface area contributed by atoms with E-state index in [-0.39, 0.29) is 18.8 Å². The number of carboxylic acids is 1. The number of benzene rings is 1. The molecule has 0 unspecified atom stereocenters. The molecule has 0 saturated carbocycles. The van der Waals surface area contributed by atoms with Gasteiger partial charge in [0.2, 0.25) is 5.91 Å². The van der Waals surface area contributed by atoms with E-state index in [2.05, 4.69) is 0 Å². The van der Waals surface area contributed by atoms with Crippen molar-refractivity contribution in [3.63, 3.8) is 0 Å². The van der Waals surface area contributed by atoms with Crippen molar-refractivity contribution in [3.05, 3.63) is 41.7 Å². The number of likely N-dealkylation sites (tertiary alicyclic amines) is 1. The largest absolute Gasteiger partial charge is 0.480 e. The molecule has 1 fully saturated rings. The van der Waals surface area contributed by atoms with Gasteiger partial charge in [-0.3, -0.25) is 4.79 Å². The lowest BCUT2D eigenvalue weighted by molar-refractivity contribution is -0.146. The Balaban J connectivity index is 2.07. The van der Waals surface area contributed by atoms with Gasteiger partial charge in [-0.05, 0) is 23.8 Å². The summed E-state index contributed by atoms with van der Waals surface area (Å²) >= 11 is 0. The Kier molecular flexibility index (Phi) is 4.14. The van der Waals surface area contributed by atoms with Gasteiger partial charge in [0.25, 0.3) is 0 Å². The van der Waals surface area contributed by atoms with Crippen LogP contribution in [-0.4, -0.2) is 45.7 Å². The molecule has 2 atom stereocenters. The van der Waals surface area contributed by atoms with E-state index in [1.54, 1.807) is 0 Å². The Morgan fingerprint density at radius 1 is 1.30 bits per heavy atom. The number of carbonyl (C=O) groups is 2. The zero-order valence-electron chi connectivity index (χ0n) is 10.6. The maximum atomic E-state index is 12.7. The van der Waals surface area contributed by atoms with Crippen LogP contribution in [0.25, 0.3) is 6.08 Å². The molecule has 106 valence electrons. The Bertz CT molecular complexity index is 541. The van der Waals surface area contributed by atoms with Crippen LogP contribution in [0, 0.1) is 5.82 Å². The first kappa shape index (κ1) is 14.2. The number of aliphatic carboxylic acids is 1. The van der Waals surface area contributed by atoms with Crippen molar-refractivity contribution in [1.29, 1.82) is 0 Å². The van der Waals surface area contributed by atoms with E-state index in [0.717, 1.165) is 4.90 Å². The van der Waals surface area contributed by atoms with Crippen molar-refractivity contribution in [2.75, 3.05) is 6.54 Å². The highest BCUT2D eigenvalue weighted by Crippen LogP contribution is 2.19. The molecule has 20 heavy (non-hydrogen) atoms. The quantitative estimate of drug-likeness (QED) is 0.805. The van der Waals surface area contributed by atoms with Crippen molar-refractivity contribution >= 4 is 18.0 Å². The molecule has 2 rings (SSSR count). The lowest BCUT2D eigenvalue weighted by Crippen LogP contribution is -2.39. The summed E-state index contributed by atoms with van der Waals surface area (Å²) in [6.45, 7) is 0.00353. The summed E-state index contributed by atoms with van der Waals surface area (Å²) in [4.78, 5) is 24.1. The van der Waals surface area contributed by atoms with E-state index in [1.807, 2.05) is 0 Å². The number of β-amino-alcohol motifs (C(OH)–C–C–N with tert-alkyl or cyclic N) is 1. The molecular weight excluding hydrogens is 265 g/mol. The predicted octanol–water partition coefficient (Wildman–Crippen LogP) is 0.885. The molecule has 1 aromatic carbocycles. The molecule has 1 aliphatic heterocycles. The zero-order chi connectivity index (χ0) is 14.7. The van der Waals surface area contributed by atoms with Crippen LogP contribution in [0.15, 0.2) is 30.3 Å². The molecule has 5 nitrogen and oxygen atoms in total. The first-order valence-corrected chi connectivity index (χ1v) is 6.12. The summed E-state index contributed by atoms with van der Waals surface area (Å²) in [5.74, 6) is -1.99. The second kappa shape index (κ2) is 5.83. The molecule has 1 amide bonds. The number of amides is 1. The predicted molar refractivity (Wildman–Crippen MR) is 69.2 cm³/mol. The van der Waals surface area contributed by atoms with E-state index >= 15 is 0 Å². The second-order valence-corrected chi connectivity index (χ2v) is 4.62. The molecule has 0 radical (unpaired) electrons. The lowest BCUT2D eigenvalue weighted by Gasteiger charge is -2.19. The number of carbonyl (C=O) groups excluding carboxylic acids is 1. The molecule has 1 heterocycles. The highest BCUT2D eigenvalue weighted by atomic mass is 19.1. The van der Waals surface area contributed by atoms with E-state index in [1.165, 1.54) is 36.4 Å². The number of rotatable bonds is 3. The van der Waals surface area contributed by atoms with E-state index in [4.69, 9.17) is 5.11 Å². The van der Waals surface area contributed by atoms with Crippen molar-refractivity contribution in [2.24, 2.45) is 0 Å². The summed E-state index contributed by atoms with van der Waals surface area (Å²) in [6.07, 6.45) is 1.91. The SMILES string of the molecule is O=C(O)[C@@H]1C[C@H](O)CN1C(=O)/C=C/c1ccc(F)cc1. The number of carboxylic acid groups (broad SMARTS) is 1. The van der Waals surface area contributed by atoms with E-state index < -0.39 is 24.0 Å². The third-order valence-corrected chi connectivity index (χ3v) is 3.14. The summed E-state index contributed by atoms with van der Waals surface area (Å²) in [7, 11) is 0. The minimum atomic E-state index is -1.13. The van der Waals surface area contributed by atoms with Crippen molar-refractivity contribution < 1.29 is 24.2 Å². The summed E-state index contributed by atoms with van der Waals surface area (Å²) in [6, 6.07) is 4.54. The van der Waals surface area contributed by atoms with Crippen LogP contribution in [0.2, 0.25) is 0 Å². The number of hydrogen-bond donors (Lipinski definition) is 2. The van der Waals surface area contributed by atoms with E-state index in [9.17, 15) is 19.1 Å². The van der Waals surface area contributed by atoms with Gasteiger partial charge in [0.1, 0.15) is 11.9 Å². The minimum Gasteiger partial charge on any atom is -0.480 e. The smallest absolute Gasteiger partial charge is 0.326 e. The van der Waals surface area contributed by atoms with Crippen LogP contribution < -0.4 is 0 Å². The first-order valence-electron chi connectivity index (χ1n) is 6.12. The van der Waals surface area contributed by atoms with Gasteiger partial charge in [-0.2, -0.15) is 0 Å². The number of aliphatic hydroxyl groups excluding tert-OH is 1.